The van der Waals surface area contributed by atoms with Crippen molar-refractivity contribution in [3.63, 3.8) is 0 Å². The van der Waals surface area contributed by atoms with Crippen molar-refractivity contribution in [3.05, 3.63) is 29.3 Å². The molecule has 0 saturated carbocycles. The molecule has 0 spiro atoms. The molecule has 0 aliphatic carbocycles. The molecule has 2 atom stereocenters. The quantitative estimate of drug-likeness (QED) is 0.708. The van der Waals surface area contributed by atoms with Gasteiger partial charge in [-0.2, -0.15) is 0 Å². The third kappa shape index (κ3) is 1.85. The van der Waals surface area contributed by atoms with E-state index in [1.807, 2.05) is 10.8 Å². The van der Waals surface area contributed by atoms with Crippen LogP contribution in [0.3, 0.4) is 0 Å². The van der Waals surface area contributed by atoms with Gasteiger partial charge in [0.15, 0.2) is 0 Å². The van der Waals surface area contributed by atoms with Crippen LogP contribution in [0.1, 0.15) is 18.4 Å². The lowest BCUT2D eigenvalue weighted by Crippen LogP contribution is -2.42. The van der Waals surface area contributed by atoms with Crippen LogP contribution in [0.25, 0.3) is 0 Å². The van der Waals surface area contributed by atoms with Gasteiger partial charge < -0.3 is 9.64 Å². The molecule has 2 fully saturated rings. The highest BCUT2D eigenvalue weighted by molar-refractivity contribution is 5.52. The molecule has 2 aliphatic heterocycles. The minimum absolute atomic E-state index is 0.183. The Morgan fingerprint density at radius 1 is 1.17 bits per heavy atom. The normalized spacial score (nSPS) is 26.2. The molecule has 0 amide bonds. The molecule has 3 rings (SSSR count). The van der Waals surface area contributed by atoms with Crippen LogP contribution in [0, 0.1) is 24.0 Å². The van der Waals surface area contributed by atoms with E-state index in [-0.39, 0.29) is 17.8 Å². The third-order valence-electron chi connectivity index (χ3n) is 3.58. The van der Waals surface area contributed by atoms with Crippen molar-refractivity contribution in [3.8, 4) is 12.3 Å². The maximum absolute atomic E-state index is 13.6. The molecular formula is C14H13F2NO. The van der Waals surface area contributed by atoms with Crippen molar-refractivity contribution in [1.29, 1.82) is 0 Å². The number of hydrogen-bond acceptors (Lipinski definition) is 2. The molecule has 94 valence electrons. The lowest BCUT2D eigenvalue weighted by Gasteiger charge is -2.34. The zero-order valence-electron chi connectivity index (χ0n) is 9.83. The van der Waals surface area contributed by atoms with E-state index in [1.165, 1.54) is 12.1 Å². The molecule has 0 radical (unpaired) electrons. The summed E-state index contributed by atoms with van der Waals surface area (Å²) in [4.78, 5) is 1.97. The van der Waals surface area contributed by atoms with E-state index in [4.69, 9.17) is 11.2 Å². The number of halogens is 2. The maximum atomic E-state index is 13.6. The summed E-state index contributed by atoms with van der Waals surface area (Å²) in [6, 6.07) is 2.62. The van der Waals surface area contributed by atoms with Crippen molar-refractivity contribution in [1.82, 2.24) is 0 Å². The summed E-state index contributed by atoms with van der Waals surface area (Å²) in [5.74, 6) is 0.681. The summed E-state index contributed by atoms with van der Waals surface area (Å²) in [7, 11) is 0. The van der Waals surface area contributed by atoms with Gasteiger partial charge in [-0.25, -0.2) is 8.78 Å². The van der Waals surface area contributed by atoms with Crippen LogP contribution in [-0.2, 0) is 4.74 Å². The smallest absolute Gasteiger partial charge is 0.143 e. The van der Waals surface area contributed by atoms with E-state index < -0.39 is 11.6 Å². The molecule has 1 aromatic rings. The van der Waals surface area contributed by atoms with Gasteiger partial charge >= 0.3 is 0 Å². The van der Waals surface area contributed by atoms with Crippen LogP contribution in [0.4, 0.5) is 14.5 Å². The summed E-state index contributed by atoms with van der Waals surface area (Å²) < 4.78 is 33.0. The molecule has 1 aromatic carbocycles. The van der Waals surface area contributed by atoms with Gasteiger partial charge in [-0.3, -0.25) is 0 Å². The van der Waals surface area contributed by atoms with E-state index in [2.05, 4.69) is 0 Å². The molecule has 0 aromatic heterocycles. The van der Waals surface area contributed by atoms with Gasteiger partial charge in [0.05, 0.1) is 17.8 Å². The fraction of sp³-hybridized carbons (Fsp3) is 0.429. The maximum Gasteiger partial charge on any atom is 0.143 e. The van der Waals surface area contributed by atoms with Gasteiger partial charge in [0.2, 0.25) is 0 Å². The average molecular weight is 249 g/mol. The van der Waals surface area contributed by atoms with Crippen LogP contribution in [0.2, 0.25) is 0 Å². The Kier molecular flexibility index (Phi) is 2.71. The topological polar surface area (TPSA) is 12.5 Å². The van der Waals surface area contributed by atoms with E-state index in [9.17, 15) is 8.78 Å². The first-order chi connectivity index (χ1) is 8.67. The standard InChI is InChI=1S/C14H13F2NO/c1-2-12-13(15)5-9(6-14(12)16)17-7-10-3-4-11(8-17)18-10/h1,5-6,10-11H,3-4,7-8H2. The van der Waals surface area contributed by atoms with Crippen LogP contribution in [-0.4, -0.2) is 25.3 Å². The molecule has 0 N–H and O–H groups in total. The number of nitrogens with zero attached hydrogens (tertiary/aromatic N) is 1. The van der Waals surface area contributed by atoms with Crippen LogP contribution >= 0.6 is 0 Å². The van der Waals surface area contributed by atoms with E-state index in [0.717, 1.165) is 12.8 Å². The minimum atomic E-state index is -0.675. The molecule has 4 heteroatoms. The number of benzene rings is 1. The fourth-order valence-corrected chi connectivity index (χ4v) is 2.71. The van der Waals surface area contributed by atoms with E-state index in [1.54, 1.807) is 0 Å². The second-order valence-electron chi connectivity index (χ2n) is 4.79. The highest BCUT2D eigenvalue weighted by atomic mass is 19.1. The first-order valence-electron chi connectivity index (χ1n) is 6.03. The zero-order chi connectivity index (χ0) is 12.7. The first-order valence-corrected chi connectivity index (χ1v) is 6.03. The Morgan fingerprint density at radius 3 is 2.22 bits per heavy atom. The Bertz CT molecular complexity index is 488. The Morgan fingerprint density at radius 2 is 1.72 bits per heavy atom. The summed E-state index contributed by atoms with van der Waals surface area (Å²) in [5.41, 5.74) is 0.249. The minimum Gasteiger partial charge on any atom is -0.371 e. The molecule has 2 saturated heterocycles. The molecular weight excluding hydrogens is 236 g/mol. The number of fused-ring (bicyclic) bond motifs is 2. The van der Waals surface area contributed by atoms with Crippen LogP contribution in [0.15, 0.2) is 12.1 Å². The third-order valence-corrected chi connectivity index (χ3v) is 3.58. The number of hydrogen-bond donors (Lipinski definition) is 0. The zero-order valence-corrected chi connectivity index (χ0v) is 9.83. The van der Waals surface area contributed by atoms with Gasteiger partial charge in [0, 0.05) is 18.8 Å². The lowest BCUT2D eigenvalue weighted by molar-refractivity contribution is 0.0304. The molecule has 2 unspecified atom stereocenters. The fourth-order valence-electron chi connectivity index (χ4n) is 2.71. The predicted octanol–water partition coefficient (Wildman–Crippen LogP) is 2.31. The Labute approximate surface area is 105 Å². The number of rotatable bonds is 1. The monoisotopic (exact) mass is 249 g/mol. The Hall–Kier alpha value is -1.60. The molecule has 18 heavy (non-hydrogen) atoms. The van der Waals surface area contributed by atoms with Crippen molar-refractivity contribution in [2.24, 2.45) is 0 Å². The van der Waals surface area contributed by atoms with Crippen molar-refractivity contribution < 1.29 is 13.5 Å². The van der Waals surface area contributed by atoms with E-state index >= 15 is 0 Å². The highest BCUT2D eigenvalue weighted by Gasteiger charge is 2.34. The lowest BCUT2D eigenvalue weighted by atomic mass is 10.1. The molecule has 2 nitrogen and oxygen atoms in total. The van der Waals surface area contributed by atoms with Gasteiger partial charge in [0.1, 0.15) is 11.6 Å². The number of terminal acetylenes is 1. The number of anilines is 1. The van der Waals surface area contributed by atoms with Crippen LogP contribution in [0.5, 0.6) is 0 Å². The van der Waals surface area contributed by atoms with Gasteiger partial charge in [-0.15, -0.1) is 6.42 Å². The number of morpholine rings is 1. The van der Waals surface area contributed by atoms with Crippen molar-refractivity contribution >= 4 is 5.69 Å². The average Bonchev–Trinajstić information content (AvgIpc) is 2.68. The van der Waals surface area contributed by atoms with Crippen molar-refractivity contribution in [2.75, 3.05) is 18.0 Å². The Balaban J connectivity index is 1.91. The van der Waals surface area contributed by atoms with Gasteiger partial charge in [-0.05, 0) is 25.0 Å². The summed E-state index contributed by atoms with van der Waals surface area (Å²) >= 11 is 0. The SMILES string of the molecule is C#Cc1c(F)cc(N2CC3CCC(C2)O3)cc1F. The summed E-state index contributed by atoms with van der Waals surface area (Å²) in [5, 5.41) is 0. The predicted molar refractivity (Wildman–Crippen MR) is 64.4 cm³/mol. The molecule has 2 aliphatic rings. The molecule has 2 heterocycles. The van der Waals surface area contributed by atoms with E-state index in [0.29, 0.717) is 18.8 Å². The van der Waals surface area contributed by atoms with Crippen molar-refractivity contribution in [2.45, 2.75) is 25.0 Å². The van der Waals surface area contributed by atoms with Gasteiger partial charge in [-0.1, -0.05) is 5.92 Å². The van der Waals surface area contributed by atoms with Crippen LogP contribution < -0.4 is 4.90 Å². The highest BCUT2D eigenvalue weighted by Crippen LogP contribution is 2.31. The summed E-state index contributed by atoms with van der Waals surface area (Å²) in [6.07, 6.45) is 7.48. The second kappa shape index (κ2) is 4.25. The largest absolute Gasteiger partial charge is 0.371 e. The van der Waals surface area contributed by atoms with Gasteiger partial charge in [0.25, 0.3) is 0 Å². The first kappa shape index (κ1) is 11.5. The summed E-state index contributed by atoms with van der Waals surface area (Å²) in [6.45, 7) is 1.37. The molecule has 2 bridgehead atoms. The number of ether oxygens (including phenoxy) is 1. The second-order valence-corrected chi connectivity index (χ2v) is 4.79.